The maximum absolute atomic E-state index is 11.2. The fraction of sp³-hybridized carbons (Fsp3) is 0.0714. The number of aromatic carboxylic acids is 1. The quantitative estimate of drug-likeness (QED) is 0.555. The van der Waals surface area contributed by atoms with Crippen LogP contribution >= 0.6 is 0 Å². The van der Waals surface area contributed by atoms with Gasteiger partial charge in [0.25, 0.3) is 0 Å². The number of hydrogen-bond donors (Lipinski definition) is 3. The first-order chi connectivity index (χ1) is 10.2. The number of ether oxygens (including phenoxy) is 1. The van der Waals surface area contributed by atoms with E-state index in [1.54, 1.807) is 12.1 Å². The van der Waals surface area contributed by atoms with Crippen LogP contribution in [0.1, 0.15) is 15.9 Å². The lowest BCUT2D eigenvalue weighted by Gasteiger charge is -2.12. The SMILES string of the molecule is O=C(O)c1c(OO)cc(OO)cc1OCc1ccccc1. The molecular weight excluding hydrogens is 280 g/mol. The summed E-state index contributed by atoms with van der Waals surface area (Å²) in [6.45, 7) is 0.0981. The molecule has 0 aliphatic carbocycles. The van der Waals surface area contributed by atoms with Crippen molar-refractivity contribution in [3.63, 3.8) is 0 Å². The molecule has 0 atom stereocenters. The predicted molar refractivity (Wildman–Crippen MR) is 70.7 cm³/mol. The van der Waals surface area contributed by atoms with E-state index in [1.165, 1.54) is 6.07 Å². The summed E-state index contributed by atoms with van der Waals surface area (Å²) in [5.74, 6) is -2.00. The van der Waals surface area contributed by atoms with Crippen LogP contribution in [-0.2, 0) is 6.61 Å². The van der Waals surface area contributed by atoms with E-state index in [0.717, 1.165) is 11.6 Å². The van der Waals surface area contributed by atoms with Gasteiger partial charge < -0.3 is 19.6 Å². The summed E-state index contributed by atoms with van der Waals surface area (Å²) in [5.41, 5.74) is 0.435. The Kier molecular flexibility index (Phi) is 4.60. The Balaban J connectivity index is 2.34. The van der Waals surface area contributed by atoms with Crippen molar-refractivity contribution in [1.82, 2.24) is 0 Å². The molecule has 0 bridgehead atoms. The third kappa shape index (κ3) is 3.41. The van der Waals surface area contributed by atoms with E-state index in [-0.39, 0.29) is 23.7 Å². The highest BCUT2D eigenvalue weighted by Gasteiger charge is 2.21. The normalized spacial score (nSPS) is 10.0. The van der Waals surface area contributed by atoms with Crippen LogP contribution in [0.3, 0.4) is 0 Å². The van der Waals surface area contributed by atoms with Crippen LogP contribution in [0.4, 0.5) is 0 Å². The first kappa shape index (κ1) is 14.6. The molecule has 21 heavy (non-hydrogen) atoms. The standard InChI is InChI=1S/C14H12O7/c15-14(16)13-11(6-10(20-17)7-12(13)21-18)19-8-9-4-2-1-3-5-9/h1-7,17-18H,8H2,(H,15,16). The maximum Gasteiger partial charge on any atom is 0.343 e. The highest BCUT2D eigenvalue weighted by molar-refractivity contribution is 5.94. The minimum absolute atomic E-state index is 0.0981. The van der Waals surface area contributed by atoms with Crippen LogP contribution in [0, 0.1) is 0 Å². The number of carboxylic acids is 1. The summed E-state index contributed by atoms with van der Waals surface area (Å²) in [6.07, 6.45) is 0. The summed E-state index contributed by atoms with van der Waals surface area (Å²) in [5, 5.41) is 26.6. The van der Waals surface area contributed by atoms with Gasteiger partial charge in [0, 0.05) is 12.1 Å². The molecule has 2 aromatic carbocycles. The molecule has 0 fully saturated rings. The van der Waals surface area contributed by atoms with Crippen LogP contribution in [0.25, 0.3) is 0 Å². The highest BCUT2D eigenvalue weighted by Crippen LogP contribution is 2.34. The van der Waals surface area contributed by atoms with Gasteiger partial charge in [-0.3, -0.25) is 0 Å². The van der Waals surface area contributed by atoms with E-state index in [9.17, 15) is 4.79 Å². The van der Waals surface area contributed by atoms with E-state index in [0.29, 0.717) is 0 Å². The Bertz CT molecular complexity index is 625. The monoisotopic (exact) mass is 292 g/mol. The van der Waals surface area contributed by atoms with Gasteiger partial charge in [-0.2, -0.15) is 0 Å². The van der Waals surface area contributed by atoms with Gasteiger partial charge >= 0.3 is 5.97 Å². The molecule has 0 amide bonds. The first-order valence-electron chi connectivity index (χ1n) is 5.86. The Morgan fingerprint density at radius 1 is 1.00 bits per heavy atom. The summed E-state index contributed by atoms with van der Waals surface area (Å²) < 4.78 is 5.41. The van der Waals surface area contributed by atoms with Crippen LogP contribution in [0.15, 0.2) is 42.5 Å². The minimum Gasteiger partial charge on any atom is -0.488 e. The van der Waals surface area contributed by atoms with Crippen LogP contribution < -0.4 is 14.5 Å². The molecule has 0 saturated heterocycles. The van der Waals surface area contributed by atoms with Crippen molar-refractivity contribution in [3.8, 4) is 17.2 Å². The lowest BCUT2D eigenvalue weighted by Crippen LogP contribution is -2.06. The molecule has 7 heteroatoms. The molecule has 0 radical (unpaired) electrons. The molecule has 0 spiro atoms. The second-order valence-electron chi connectivity index (χ2n) is 4.06. The zero-order valence-electron chi connectivity index (χ0n) is 10.7. The van der Waals surface area contributed by atoms with Crippen molar-refractivity contribution in [2.45, 2.75) is 6.61 Å². The summed E-state index contributed by atoms with van der Waals surface area (Å²) >= 11 is 0. The molecule has 0 saturated carbocycles. The van der Waals surface area contributed by atoms with E-state index < -0.39 is 11.7 Å². The zero-order valence-corrected chi connectivity index (χ0v) is 10.7. The molecule has 0 aliphatic heterocycles. The average Bonchev–Trinajstić information content (AvgIpc) is 2.52. The third-order valence-electron chi connectivity index (χ3n) is 2.69. The number of hydrogen-bond acceptors (Lipinski definition) is 6. The maximum atomic E-state index is 11.2. The van der Waals surface area contributed by atoms with Gasteiger partial charge in [0.05, 0.1) is 0 Å². The Hall–Kier alpha value is -2.77. The summed E-state index contributed by atoms with van der Waals surface area (Å²) in [7, 11) is 0. The topological polar surface area (TPSA) is 105 Å². The predicted octanol–water partition coefficient (Wildman–Crippen LogP) is 2.67. The number of carboxylic acid groups (broad SMARTS) is 1. The number of carbonyl (C=O) groups is 1. The first-order valence-corrected chi connectivity index (χ1v) is 5.86. The molecule has 110 valence electrons. The molecule has 2 rings (SSSR count). The Morgan fingerprint density at radius 3 is 2.24 bits per heavy atom. The van der Waals surface area contributed by atoms with Crippen LogP contribution in [0.5, 0.6) is 17.2 Å². The van der Waals surface area contributed by atoms with Crippen molar-refractivity contribution in [1.29, 1.82) is 0 Å². The van der Waals surface area contributed by atoms with E-state index in [4.69, 9.17) is 20.4 Å². The number of rotatable bonds is 6. The lowest BCUT2D eigenvalue weighted by molar-refractivity contribution is -0.145. The zero-order chi connectivity index (χ0) is 15.2. The highest BCUT2D eigenvalue weighted by atomic mass is 17.1. The second kappa shape index (κ2) is 6.60. The molecule has 3 N–H and O–H groups in total. The molecule has 2 aromatic rings. The molecule has 0 heterocycles. The Morgan fingerprint density at radius 2 is 1.67 bits per heavy atom. The fourth-order valence-electron chi connectivity index (χ4n) is 1.75. The minimum atomic E-state index is -1.35. The smallest absolute Gasteiger partial charge is 0.343 e. The van der Waals surface area contributed by atoms with Gasteiger partial charge in [-0.15, -0.1) is 0 Å². The van der Waals surface area contributed by atoms with Gasteiger partial charge in [-0.1, -0.05) is 30.3 Å². The molecule has 7 nitrogen and oxygen atoms in total. The molecule has 0 aromatic heterocycles. The van der Waals surface area contributed by atoms with E-state index >= 15 is 0 Å². The fourth-order valence-corrected chi connectivity index (χ4v) is 1.75. The molecule has 0 unspecified atom stereocenters. The van der Waals surface area contributed by atoms with Crippen molar-refractivity contribution < 1.29 is 34.9 Å². The van der Waals surface area contributed by atoms with Gasteiger partial charge in [0.15, 0.2) is 11.5 Å². The second-order valence-corrected chi connectivity index (χ2v) is 4.06. The van der Waals surface area contributed by atoms with Gasteiger partial charge in [0.1, 0.15) is 17.9 Å². The van der Waals surface area contributed by atoms with E-state index in [1.807, 2.05) is 18.2 Å². The summed E-state index contributed by atoms with van der Waals surface area (Å²) in [4.78, 5) is 19.2. The summed E-state index contributed by atoms with van der Waals surface area (Å²) in [6, 6.07) is 11.3. The van der Waals surface area contributed by atoms with Crippen LogP contribution in [0.2, 0.25) is 0 Å². The largest absolute Gasteiger partial charge is 0.488 e. The number of benzene rings is 2. The third-order valence-corrected chi connectivity index (χ3v) is 2.69. The van der Waals surface area contributed by atoms with Gasteiger partial charge in [0.2, 0.25) is 0 Å². The van der Waals surface area contributed by atoms with Crippen LogP contribution in [-0.4, -0.2) is 21.6 Å². The molecular formula is C14H12O7. The van der Waals surface area contributed by atoms with E-state index in [2.05, 4.69) is 9.78 Å². The average molecular weight is 292 g/mol. The van der Waals surface area contributed by atoms with Gasteiger partial charge in [-0.05, 0) is 5.56 Å². The van der Waals surface area contributed by atoms with Crippen molar-refractivity contribution in [2.75, 3.05) is 0 Å². The Labute approximate surface area is 119 Å². The molecule has 0 aliphatic rings. The van der Waals surface area contributed by atoms with Gasteiger partial charge in [-0.25, -0.2) is 15.3 Å². The van der Waals surface area contributed by atoms with Crippen molar-refractivity contribution in [2.24, 2.45) is 0 Å². The van der Waals surface area contributed by atoms with Crippen molar-refractivity contribution >= 4 is 5.97 Å². The lowest BCUT2D eigenvalue weighted by atomic mass is 10.1. The van der Waals surface area contributed by atoms with Crippen molar-refractivity contribution in [3.05, 3.63) is 53.6 Å².